The van der Waals surface area contributed by atoms with Gasteiger partial charge in [0.2, 0.25) is 0 Å². The molecule has 0 aromatic carbocycles. The molecule has 0 radical (unpaired) electrons. The summed E-state index contributed by atoms with van der Waals surface area (Å²) in [5.41, 5.74) is 0. The van der Waals surface area contributed by atoms with Gasteiger partial charge in [0.05, 0.1) is 0 Å². The van der Waals surface area contributed by atoms with Crippen LogP contribution in [0.4, 0.5) is 0 Å². The van der Waals surface area contributed by atoms with Crippen molar-refractivity contribution < 1.29 is 28.6 Å². The molecule has 0 heterocycles. The monoisotopic (exact) mass is 989 g/mol. The molecule has 0 N–H and O–H groups in total. The van der Waals surface area contributed by atoms with E-state index in [1.807, 2.05) is 0 Å². The zero-order chi connectivity index (χ0) is 51.4. The Morgan fingerprint density at radius 1 is 0.296 bits per heavy atom. The third kappa shape index (κ3) is 57.4. The number of ether oxygens (including phenoxy) is 3. The first-order valence-corrected chi connectivity index (χ1v) is 30.1. The van der Waals surface area contributed by atoms with Crippen molar-refractivity contribution in [1.82, 2.24) is 0 Å². The highest BCUT2D eigenvalue weighted by atomic mass is 16.6. The lowest BCUT2D eigenvalue weighted by Gasteiger charge is -2.18. The van der Waals surface area contributed by atoms with Gasteiger partial charge >= 0.3 is 17.9 Å². The largest absolute Gasteiger partial charge is 0.462 e. The fourth-order valence-electron chi connectivity index (χ4n) is 8.39. The molecule has 0 aromatic rings. The van der Waals surface area contributed by atoms with Crippen LogP contribution in [0.3, 0.4) is 0 Å². The fraction of sp³-hybridized carbons (Fsp3) is 0.738. The number of rotatable bonds is 54. The van der Waals surface area contributed by atoms with Crippen molar-refractivity contribution >= 4 is 17.9 Å². The second-order valence-electron chi connectivity index (χ2n) is 19.9. The van der Waals surface area contributed by atoms with Gasteiger partial charge in [-0.2, -0.15) is 0 Å². The van der Waals surface area contributed by atoms with Crippen molar-refractivity contribution in [3.05, 3.63) is 85.1 Å². The molecule has 0 saturated carbocycles. The average Bonchev–Trinajstić information content (AvgIpc) is 3.37. The molecule has 71 heavy (non-hydrogen) atoms. The van der Waals surface area contributed by atoms with Crippen LogP contribution in [0, 0.1) is 0 Å². The van der Waals surface area contributed by atoms with Crippen LogP contribution in [0.2, 0.25) is 0 Å². The van der Waals surface area contributed by atoms with Crippen molar-refractivity contribution in [3.8, 4) is 0 Å². The molecular weight excluding hydrogens is 877 g/mol. The predicted molar refractivity (Wildman–Crippen MR) is 307 cm³/mol. The molecule has 0 rings (SSSR count). The van der Waals surface area contributed by atoms with E-state index in [1.54, 1.807) is 0 Å². The van der Waals surface area contributed by atoms with Crippen molar-refractivity contribution in [2.75, 3.05) is 13.2 Å². The lowest BCUT2D eigenvalue weighted by Crippen LogP contribution is -2.30. The summed E-state index contributed by atoms with van der Waals surface area (Å²) in [5.74, 6) is -0.964. The highest BCUT2D eigenvalue weighted by Crippen LogP contribution is 2.16. The topological polar surface area (TPSA) is 78.9 Å². The molecular formula is C65H112O6. The molecule has 408 valence electrons. The maximum Gasteiger partial charge on any atom is 0.306 e. The average molecular weight is 990 g/mol. The van der Waals surface area contributed by atoms with Crippen molar-refractivity contribution in [1.29, 1.82) is 0 Å². The van der Waals surface area contributed by atoms with E-state index >= 15 is 0 Å². The van der Waals surface area contributed by atoms with Crippen LogP contribution in [0.1, 0.15) is 290 Å². The Hall–Kier alpha value is -3.41. The number of carbonyl (C=O) groups excluding carboxylic acids is 3. The molecule has 0 saturated heterocycles. The molecule has 6 nitrogen and oxygen atoms in total. The van der Waals surface area contributed by atoms with Gasteiger partial charge in [0.1, 0.15) is 13.2 Å². The van der Waals surface area contributed by atoms with Crippen molar-refractivity contribution in [3.63, 3.8) is 0 Å². The van der Waals surface area contributed by atoms with Gasteiger partial charge in [-0.25, -0.2) is 0 Å². The Kier molecular flexibility index (Phi) is 56.3. The number of unbranched alkanes of at least 4 members (excludes halogenated alkanes) is 29. The third-order valence-electron chi connectivity index (χ3n) is 12.9. The molecule has 0 aliphatic heterocycles. The van der Waals surface area contributed by atoms with E-state index in [-0.39, 0.29) is 37.5 Å². The Morgan fingerprint density at radius 3 is 0.944 bits per heavy atom. The summed E-state index contributed by atoms with van der Waals surface area (Å²) < 4.78 is 16.8. The quantitative estimate of drug-likeness (QED) is 0.0261. The summed E-state index contributed by atoms with van der Waals surface area (Å²) in [6, 6.07) is 0. The van der Waals surface area contributed by atoms with E-state index in [0.717, 1.165) is 103 Å². The lowest BCUT2D eigenvalue weighted by molar-refractivity contribution is -0.167. The molecule has 0 fully saturated rings. The second-order valence-corrected chi connectivity index (χ2v) is 19.9. The van der Waals surface area contributed by atoms with Crippen LogP contribution in [0.15, 0.2) is 85.1 Å². The Morgan fingerprint density at radius 2 is 0.563 bits per heavy atom. The number of hydrogen-bond acceptors (Lipinski definition) is 6. The molecule has 0 amide bonds. The van der Waals surface area contributed by atoms with Crippen LogP contribution in [-0.4, -0.2) is 37.2 Å². The van der Waals surface area contributed by atoms with Gasteiger partial charge < -0.3 is 14.2 Å². The van der Waals surface area contributed by atoms with Gasteiger partial charge in [-0.05, 0) is 89.9 Å². The molecule has 1 atom stereocenters. The van der Waals surface area contributed by atoms with Gasteiger partial charge in [0, 0.05) is 19.3 Å². The number of allylic oxidation sites excluding steroid dienone is 14. The van der Waals surface area contributed by atoms with Crippen molar-refractivity contribution in [2.45, 2.75) is 297 Å². The first-order valence-electron chi connectivity index (χ1n) is 30.1. The van der Waals surface area contributed by atoms with E-state index in [1.165, 1.54) is 141 Å². The molecule has 0 unspecified atom stereocenters. The van der Waals surface area contributed by atoms with Crippen molar-refractivity contribution in [2.24, 2.45) is 0 Å². The first-order chi connectivity index (χ1) is 35.0. The number of carbonyl (C=O) groups is 3. The van der Waals surface area contributed by atoms with Gasteiger partial charge in [0.15, 0.2) is 6.10 Å². The third-order valence-corrected chi connectivity index (χ3v) is 12.9. The van der Waals surface area contributed by atoms with Gasteiger partial charge in [-0.3, -0.25) is 14.4 Å². The standard InChI is InChI=1S/C65H112O6/c1-4-7-10-13-16-19-22-25-28-30-31-32-33-35-38-41-44-47-50-53-56-59-65(68)71-62(60-69-63(66)57-54-51-48-45-42-39-36-27-24-21-18-15-12-9-6-3)61-70-64(67)58-55-52-49-46-43-40-37-34-29-26-23-20-17-14-11-8-5-2/h9,12,17-18,20-21,26-27,29,36-37,40,46,49,62H,4-8,10-11,13-16,19,22-25,28,30-35,38-39,41-45,47-48,50-61H2,1-3H3/b12-9-,20-17-,21-18-,29-26-,36-27-,40-37-,49-46-/t62-/m1/s1. The number of hydrogen-bond donors (Lipinski definition) is 0. The normalized spacial score (nSPS) is 12.7. The summed E-state index contributed by atoms with van der Waals surface area (Å²) in [6.07, 6.45) is 77.3. The van der Waals surface area contributed by atoms with Crippen LogP contribution < -0.4 is 0 Å². The minimum absolute atomic E-state index is 0.101. The van der Waals surface area contributed by atoms with E-state index < -0.39 is 6.10 Å². The maximum absolute atomic E-state index is 12.9. The van der Waals surface area contributed by atoms with E-state index in [0.29, 0.717) is 19.3 Å². The summed E-state index contributed by atoms with van der Waals surface area (Å²) in [4.78, 5) is 38.2. The van der Waals surface area contributed by atoms with Crippen LogP contribution in [0.5, 0.6) is 0 Å². The second kappa shape index (κ2) is 59.2. The highest BCUT2D eigenvalue weighted by Gasteiger charge is 2.19. The van der Waals surface area contributed by atoms with E-state index in [2.05, 4.69) is 106 Å². The lowest BCUT2D eigenvalue weighted by atomic mass is 10.0. The maximum atomic E-state index is 12.9. The zero-order valence-electron chi connectivity index (χ0n) is 46.7. The molecule has 0 spiro atoms. The molecule has 0 aromatic heterocycles. The molecule has 6 heteroatoms. The first kappa shape index (κ1) is 67.6. The smallest absolute Gasteiger partial charge is 0.306 e. The van der Waals surface area contributed by atoms with Gasteiger partial charge in [-0.15, -0.1) is 0 Å². The summed E-state index contributed by atoms with van der Waals surface area (Å²) in [7, 11) is 0. The van der Waals surface area contributed by atoms with E-state index in [9.17, 15) is 14.4 Å². The van der Waals surface area contributed by atoms with Crippen LogP contribution in [-0.2, 0) is 28.6 Å². The highest BCUT2D eigenvalue weighted by molar-refractivity contribution is 5.71. The molecule has 0 aliphatic carbocycles. The molecule has 0 aliphatic rings. The number of esters is 3. The van der Waals surface area contributed by atoms with E-state index in [4.69, 9.17) is 14.2 Å². The Bertz CT molecular complexity index is 1370. The van der Waals surface area contributed by atoms with Crippen LogP contribution >= 0.6 is 0 Å². The van der Waals surface area contributed by atoms with Crippen LogP contribution in [0.25, 0.3) is 0 Å². The minimum Gasteiger partial charge on any atom is -0.462 e. The fourth-order valence-corrected chi connectivity index (χ4v) is 8.39. The summed E-state index contributed by atoms with van der Waals surface area (Å²) in [5, 5.41) is 0. The SMILES string of the molecule is CC/C=C\C/C=C\C/C=C\CCCCCCCC(=O)OC[C@H](COC(=O)CCC/C=C\C/C=C\C/C=C\C/C=C\CCCCC)OC(=O)CCCCCCCCCCCCCCCCCCCCCCC. The Labute approximate surface area is 439 Å². The summed E-state index contributed by atoms with van der Waals surface area (Å²) in [6.45, 7) is 6.47. The Balaban J connectivity index is 4.43. The van der Waals surface area contributed by atoms with Gasteiger partial charge in [-0.1, -0.05) is 266 Å². The summed E-state index contributed by atoms with van der Waals surface area (Å²) >= 11 is 0. The predicted octanol–water partition coefficient (Wildman–Crippen LogP) is 20.3. The molecule has 0 bridgehead atoms. The minimum atomic E-state index is -0.805. The van der Waals surface area contributed by atoms with Gasteiger partial charge in [0.25, 0.3) is 0 Å². The zero-order valence-corrected chi connectivity index (χ0v) is 46.7.